The van der Waals surface area contributed by atoms with Gasteiger partial charge in [-0.15, -0.1) is 0 Å². The van der Waals surface area contributed by atoms with Gasteiger partial charge in [0.25, 0.3) is 0 Å². The van der Waals surface area contributed by atoms with Crippen molar-refractivity contribution >= 4 is 12.1 Å². The first-order valence-electron chi connectivity index (χ1n) is 6.98. The zero-order valence-corrected chi connectivity index (χ0v) is 13.2. The average Bonchev–Trinajstić information content (AvgIpc) is 2.43. The van der Waals surface area contributed by atoms with Gasteiger partial charge in [0.1, 0.15) is 11.7 Å². The van der Waals surface area contributed by atoms with Crippen molar-refractivity contribution in [3.8, 4) is 0 Å². The Morgan fingerprint density at radius 1 is 1.32 bits per heavy atom. The molecule has 0 aliphatic carbocycles. The molecule has 0 aromatic carbocycles. The third-order valence-electron chi connectivity index (χ3n) is 2.58. The van der Waals surface area contributed by atoms with Gasteiger partial charge in [0.05, 0.1) is 6.61 Å². The Labute approximate surface area is 129 Å². The van der Waals surface area contributed by atoms with Gasteiger partial charge >= 0.3 is 12.1 Å². The van der Waals surface area contributed by atoms with Crippen molar-refractivity contribution in [2.45, 2.75) is 45.4 Å². The number of nitrogens with zero attached hydrogens (tertiary/aromatic N) is 1. The number of amides is 1. The Bertz CT molecular complexity index is 498. The molecule has 0 saturated heterocycles. The molecule has 0 radical (unpaired) electrons. The van der Waals surface area contributed by atoms with Crippen LogP contribution >= 0.6 is 0 Å². The van der Waals surface area contributed by atoms with Crippen LogP contribution in [-0.2, 0) is 14.3 Å². The second-order valence-corrected chi connectivity index (χ2v) is 5.60. The van der Waals surface area contributed by atoms with Crippen LogP contribution in [0.4, 0.5) is 4.79 Å². The van der Waals surface area contributed by atoms with Crippen LogP contribution in [0.3, 0.4) is 0 Å². The van der Waals surface area contributed by atoms with Crippen molar-refractivity contribution in [2.75, 3.05) is 6.61 Å². The summed E-state index contributed by atoms with van der Waals surface area (Å²) in [6.07, 6.45) is 0.885. The molecule has 2 N–H and O–H groups in total. The maximum atomic E-state index is 12.0. The van der Waals surface area contributed by atoms with Crippen molar-refractivity contribution in [3.05, 3.63) is 30.1 Å². The lowest BCUT2D eigenvalue weighted by Crippen LogP contribution is -2.47. The molecule has 0 saturated carbocycles. The summed E-state index contributed by atoms with van der Waals surface area (Å²) in [5.41, 5.74) is -0.283. The molecule has 1 aromatic heterocycles. The minimum atomic E-state index is -1.27. The molecule has 0 spiro atoms. The minimum absolute atomic E-state index is 0.133. The summed E-state index contributed by atoms with van der Waals surface area (Å²) in [5.74, 6) is -0.738. The van der Waals surface area contributed by atoms with Crippen LogP contribution < -0.4 is 5.32 Å². The fourth-order valence-electron chi connectivity index (χ4n) is 1.69. The first kappa shape index (κ1) is 17.9. The quantitative estimate of drug-likeness (QED) is 0.801. The molecule has 0 aliphatic heterocycles. The van der Waals surface area contributed by atoms with Crippen molar-refractivity contribution in [2.24, 2.45) is 0 Å². The molecule has 7 heteroatoms. The van der Waals surface area contributed by atoms with Crippen LogP contribution in [0.2, 0.25) is 0 Å². The number of rotatable bonds is 5. The molecular weight excluding hydrogens is 288 g/mol. The van der Waals surface area contributed by atoms with Gasteiger partial charge in [-0.1, -0.05) is 0 Å². The van der Waals surface area contributed by atoms with Crippen LogP contribution in [0.15, 0.2) is 24.5 Å². The van der Waals surface area contributed by atoms with E-state index in [0.29, 0.717) is 5.56 Å². The zero-order chi connectivity index (χ0) is 16.8. The molecule has 2 unspecified atom stereocenters. The number of aliphatic hydroxyl groups is 1. The summed E-state index contributed by atoms with van der Waals surface area (Å²) in [6, 6.07) is 1.83. The van der Waals surface area contributed by atoms with E-state index in [4.69, 9.17) is 9.47 Å². The van der Waals surface area contributed by atoms with E-state index in [1.54, 1.807) is 39.8 Å². The number of aromatic nitrogens is 1. The lowest BCUT2D eigenvalue weighted by atomic mass is 10.0. The van der Waals surface area contributed by atoms with Crippen molar-refractivity contribution < 1.29 is 24.2 Å². The van der Waals surface area contributed by atoms with Gasteiger partial charge in [-0.25, -0.2) is 9.59 Å². The normalized spacial score (nSPS) is 13.9. The molecule has 1 heterocycles. The van der Waals surface area contributed by atoms with Gasteiger partial charge in [-0.2, -0.15) is 0 Å². The number of carbonyl (C=O) groups excluding carboxylic acids is 2. The molecule has 7 nitrogen and oxygen atoms in total. The van der Waals surface area contributed by atoms with E-state index in [2.05, 4.69) is 10.3 Å². The van der Waals surface area contributed by atoms with Crippen LogP contribution in [0, 0.1) is 0 Å². The number of esters is 1. The van der Waals surface area contributed by atoms with Crippen LogP contribution in [0.5, 0.6) is 0 Å². The third kappa shape index (κ3) is 5.69. The highest BCUT2D eigenvalue weighted by Gasteiger charge is 2.32. The number of ether oxygens (including phenoxy) is 2. The Kier molecular flexibility index (Phi) is 6.30. The van der Waals surface area contributed by atoms with Crippen LogP contribution in [-0.4, -0.2) is 40.4 Å². The van der Waals surface area contributed by atoms with Crippen molar-refractivity contribution in [1.29, 1.82) is 0 Å². The summed E-state index contributed by atoms with van der Waals surface area (Å²) in [5, 5.41) is 12.7. The Hall–Kier alpha value is -2.15. The highest BCUT2D eigenvalue weighted by molar-refractivity contribution is 5.82. The molecule has 1 rings (SSSR count). The topological polar surface area (TPSA) is 97.8 Å². The second kappa shape index (κ2) is 7.74. The first-order chi connectivity index (χ1) is 10.2. The minimum Gasteiger partial charge on any atom is -0.464 e. The fourth-order valence-corrected chi connectivity index (χ4v) is 1.69. The van der Waals surface area contributed by atoms with Gasteiger partial charge in [-0.05, 0) is 45.4 Å². The lowest BCUT2D eigenvalue weighted by molar-refractivity contribution is -0.148. The molecule has 0 aliphatic rings. The van der Waals surface area contributed by atoms with E-state index < -0.39 is 29.8 Å². The summed E-state index contributed by atoms with van der Waals surface area (Å²) in [6.45, 7) is 6.87. The standard InChI is InChI=1S/C15H22N2O5/c1-5-21-13(19)11(17-14(20)22-15(2,3)4)12(18)10-6-8-16-9-7-10/h6-9,11-12,18H,5H2,1-4H3,(H,17,20). The molecular formula is C15H22N2O5. The summed E-state index contributed by atoms with van der Waals surface area (Å²) < 4.78 is 9.99. The number of hydrogen-bond donors (Lipinski definition) is 2. The van der Waals surface area contributed by atoms with Crippen molar-refractivity contribution in [1.82, 2.24) is 10.3 Å². The maximum absolute atomic E-state index is 12.0. The van der Waals surface area contributed by atoms with E-state index in [-0.39, 0.29) is 6.61 Å². The number of nitrogens with one attached hydrogen (secondary N) is 1. The maximum Gasteiger partial charge on any atom is 0.408 e. The number of carbonyl (C=O) groups is 2. The van der Waals surface area contributed by atoms with Gasteiger partial charge < -0.3 is 19.9 Å². The van der Waals surface area contributed by atoms with E-state index in [0.717, 1.165) is 0 Å². The van der Waals surface area contributed by atoms with Gasteiger partial charge in [0.15, 0.2) is 6.04 Å². The molecule has 0 bridgehead atoms. The SMILES string of the molecule is CCOC(=O)C(NC(=O)OC(C)(C)C)C(O)c1ccncc1. The van der Waals surface area contributed by atoms with Gasteiger partial charge in [0, 0.05) is 12.4 Å². The molecule has 0 fully saturated rings. The number of hydrogen-bond acceptors (Lipinski definition) is 6. The zero-order valence-electron chi connectivity index (χ0n) is 13.2. The molecule has 22 heavy (non-hydrogen) atoms. The van der Waals surface area contributed by atoms with E-state index in [1.807, 2.05) is 0 Å². The largest absolute Gasteiger partial charge is 0.464 e. The lowest BCUT2D eigenvalue weighted by Gasteiger charge is -2.25. The number of aliphatic hydroxyl groups excluding tert-OH is 1. The predicted molar refractivity (Wildman–Crippen MR) is 79.0 cm³/mol. The monoisotopic (exact) mass is 310 g/mol. The summed E-state index contributed by atoms with van der Waals surface area (Å²) in [7, 11) is 0. The molecule has 122 valence electrons. The molecule has 2 atom stereocenters. The summed E-state index contributed by atoms with van der Waals surface area (Å²) >= 11 is 0. The van der Waals surface area contributed by atoms with E-state index in [1.165, 1.54) is 12.4 Å². The Morgan fingerprint density at radius 3 is 2.41 bits per heavy atom. The Balaban J connectivity index is 2.89. The average molecular weight is 310 g/mol. The Morgan fingerprint density at radius 2 is 1.91 bits per heavy atom. The molecule has 1 aromatic rings. The van der Waals surface area contributed by atoms with Crippen molar-refractivity contribution in [3.63, 3.8) is 0 Å². The smallest absolute Gasteiger partial charge is 0.408 e. The first-order valence-corrected chi connectivity index (χ1v) is 6.98. The number of alkyl carbamates (subject to hydrolysis) is 1. The predicted octanol–water partition coefficient (Wildman–Crippen LogP) is 1.57. The second-order valence-electron chi connectivity index (χ2n) is 5.60. The van der Waals surface area contributed by atoms with Crippen LogP contribution in [0.25, 0.3) is 0 Å². The van der Waals surface area contributed by atoms with E-state index >= 15 is 0 Å². The van der Waals surface area contributed by atoms with Gasteiger partial charge in [0.2, 0.25) is 0 Å². The summed E-state index contributed by atoms with van der Waals surface area (Å²) in [4.78, 5) is 27.7. The molecule has 1 amide bonds. The number of pyridine rings is 1. The van der Waals surface area contributed by atoms with Gasteiger partial charge in [-0.3, -0.25) is 4.98 Å². The van der Waals surface area contributed by atoms with Crippen LogP contribution in [0.1, 0.15) is 39.4 Å². The fraction of sp³-hybridized carbons (Fsp3) is 0.533. The highest BCUT2D eigenvalue weighted by atomic mass is 16.6. The highest BCUT2D eigenvalue weighted by Crippen LogP contribution is 2.18. The third-order valence-corrected chi connectivity index (χ3v) is 2.58. The van der Waals surface area contributed by atoms with E-state index in [9.17, 15) is 14.7 Å².